The Balaban J connectivity index is 1.99. The fourth-order valence-electron chi connectivity index (χ4n) is 2.41. The summed E-state index contributed by atoms with van der Waals surface area (Å²) in [7, 11) is 0. The van der Waals surface area contributed by atoms with E-state index in [0.717, 1.165) is 32.2 Å². The molecule has 2 heterocycles. The van der Waals surface area contributed by atoms with Crippen LogP contribution in [0.25, 0.3) is 33.6 Å². The zero-order valence-corrected chi connectivity index (χ0v) is 13.0. The standard InChI is InChI=1S/C17H10BrN3O/c18-12-7-5-11(6-8-12)16-9-14(17-21-19-10-22-17)13-3-1-2-4-15(13)20-16/h1-10H. The van der Waals surface area contributed by atoms with Crippen molar-refractivity contribution in [3.05, 3.63) is 65.5 Å². The number of hydrogen-bond donors (Lipinski definition) is 0. The number of hydrogen-bond acceptors (Lipinski definition) is 4. The predicted octanol–water partition coefficient (Wildman–Crippen LogP) is 4.71. The molecule has 0 aliphatic heterocycles. The summed E-state index contributed by atoms with van der Waals surface area (Å²) in [6.07, 6.45) is 1.34. The first-order chi connectivity index (χ1) is 10.8. The second-order valence-electron chi connectivity index (χ2n) is 4.82. The largest absolute Gasteiger partial charge is 0.423 e. The number of benzene rings is 2. The van der Waals surface area contributed by atoms with Gasteiger partial charge in [0.15, 0.2) is 0 Å². The number of nitrogens with zero attached hydrogens (tertiary/aromatic N) is 3. The maximum atomic E-state index is 5.38. The van der Waals surface area contributed by atoms with Crippen LogP contribution in [0.2, 0.25) is 0 Å². The van der Waals surface area contributed by atoms with Crippen molar-refractivity contribution in [2.24, 2.45) is 0 Å². The highest BCUT2D eigenvalue weighted by Gasteiger charge is 2.12. The Hall–Kier alpha value is -2.53. The molecule has 22 heavy (non-hydrogen) atoms. The number of fused-ring (bicyclic) bond motifs is 1. The summed E-state index contributed by atoms with van der Waals surface area (Å²) in [4.78, 5) is 4.74. The third-order valence-electron chi connectivity index (χ3n) is 3.45. The lowest BCUT2D eigenvalue weighted by molar-refractivity contribution is 0.569. The minimum atomic E-state index is 0.497. The van der Waals surface area contributed by atoms with E-state index < -0.39 is 0 Å². The molecule has 0 fully saturated rings. The molecule has 0 radical (unpaired) electrons. The molecule has 0 amide bonds. The predicted molar refractivity (Wildman–Crippen MR) is 88.2 cm³/mol. The van der Waals surface area contributed by atoms with Crippen LogP contribution >= 0.6 is 15.9 Å². The van der Waals surface area contributed by atoms with Gasteiger partial charge in [0.1, 0.15) is 0 Å². The van der Waals surface area contributed by atoms with Gasteiger partial charge in [0.25, 0.3) is 0 Å². The van der Waals surface area contributed by atoms with Crippen LogP contribution in [-0.4, -0.2) is 15.2 Å². The zero-order chi connectivity index (χ0) is 14.9. The molecule has 0 unspecified atom stereocenters. The van der Waals surface area contributed by atoms with Crippen molar-refractivity contribution >= 4 is 26.8 Å². The Morgan fingerprint density at radius 1 is 0.955 bits per heavy atom. The molecule has 4 nitrogen and oxygen atoms in total. The van der Waals surface area contributed by atoms with E-state index in [1.54, 1.807) is 0 Å². The molecule has 5 heteroatoms. The van der Waals surface area contributed by atoms with Crippen molar-refractivity contribution in [3.63, 3.8) is 0 Å². The molecule has 4 rings (SSSR count). The molecule has 4 aromatic rings. The molecular weight excluding hydrogens is 342 g/mol. The Labute approximate surface area is 135 Å². The van der Waals surface area contributed by atoms with E-state index in [4.69, 9.17) is 9.40 Å². The maximum Gasteiger partial charge on any atom is 0.248 e. The van der Waals surface area contributed by atoms with Gasteiger partial charge in [-0.2, -0.15) is 0 Å². The summed E-state index contributed by atoms with van der Waals surface area (Å²) in [5.74, 6) is 0.497. The van der Waals surface area contributed by atoms with Gasteiger partial charge in [0.2, 0.25) is 12.3 Å². The highest BCUT2D eigenvalue weighted by molar-refractivity contribution is 9.10. The van der Waals surface area contributed by atoms with Crippen LogP contribution < -0.4 is 0 Å². The van der Waals surface area contributed by atoms with E-state index in [-0.39, 0.29) is 0 Å². The van der Waals surface area contributed by atoms with Crippen LogP contribution in [0.4, 0.5) is 0 Å². The van der Waals surface area contributed by atoms with Gasteiger partial charge in [-0.3, -0.25) is 0 Å². The number of para-hydroxylation sites is 1. The van der Waals surface area contributed by atoms with E-state index >= 15 is 0 Å². The molecule has 0 aliphatic rings. The van der Waals surface area contributed by atoms with E-state index in [1.807, 2.05) is 54.6 Å². The van der Waals surface area contributed by atoms with E-state index in [1.165, 1.54) is 6.39 Å². The second-order valence-corrected chi connectivity index (χ2v) is 5.74. The molecule has 106 valence electrons. The molecular formula is C17H10BrN3O. The molecule has 0 aliphatic carbocycles. The fourth-order valence-corrected chi connectivity index (χ4v) is 2.68. The molecule has 0 bridgehead atoms. The first-order valence-corrected chi connectivity index (χ1v) is 7.53. The molecule has 2 aromatic carbocycles. The first kappa shape index (κ1) is 13.2. The quantitative estimate of drug-likeness (QED) is 0.524. The smallest absolute Gasteiger partial charge is 0.248 e. The van der Waals surface area contributed by atoms with Crippen LogP contribution in [0.15, 0.2) is 69.9 Å². The maximum absolute atomic E-state index is 5.38. The Bertz CT molecular complexity index is 934. The number of aromatic nitrogens is 3. The van der Waals surface area contributed by atoms with Gasteiger partial charge in [0.05, 0.1) is 16.8 Å². The molecule has 0 N–H and O–H groups in total. The lowest BCUT2D eigenvalue weighted by Gasteiger charge is -2.07. The summed E-state index contributed by atoms with van der Waals surface area (Å²) < 4.78 is 6.42. The van der Waals surface area contributed by atoms with Crippen molar-refractivity contribution in [2.45, 2.75) is 0 Å². The summed E-state index contributed by atoms with van der Waals surface area (Å²) in [6.45, 7) is 0. The van der Waals surface area contributed by atoms with Gasteiger partial charge in [-0.05, 0) is 24.3 Å². The van der Waals surface area contributed by atoms with Crippen molar-refractivity contribution < 1.29 is 4.42 Å². The Kier molecular flexibility index (Phi) is 3.20. The van der Waals surface area contributed by atoms with Gasteiger partial charge in [0, 0.05) is 15.4 Å². The van der Waals surface area contributed by atoms with Crippen LogP contribution in [0.1, 0.15) is 0 Å². The summed E-state index contributed by atoms with van der Waals surface area (Å²) in [5.41, 5.74) is 3.70. The molecule has 0 atom stereocenters. The van der Waals surface area contributed by atoms with E-state index in [0.29, 0.717) is 5.89 Å². The van der Waals surface area contributed by atoms with Gasteiger partial charge < -0.3 is 4.42 Å². The summed E-state index contributed by atoms with van der Waals surface area (Å²) in [6, 6.07) is 18.0. The number of halogens is 1. The monoisotopic (exact) mass is 351 g/mol. The van der Waals surface area contributed by atoms with Crippen molar-refractivity contribution in [1.82, 2.24) is 15.2 Å². The summed E-state index contributed by atoms with van der Waals surface area (Å²) in [5, 5.41) is 8.80. The molecule has 0 saturated carbocycles. The zero-order valence-electron chi connectivity index (χ0n) is 11.4. The highest BCUT2D eigenvalue weighted by atomic mass is 79.9. The van der Waals surface area contributed by atoms with Crippen molar-refractivity contribution in [2.75, 3.05) is 0 Å². The summed E-state index contributed by atoms with van der Waals surface area (Å²) >= 11 is 3.45. The SMILES string of the molecule is Brc1ccc(-c2cc(-c3nnco3)c3ccccc3n2)cc1. The lowest BCUT2D eigenvalue weighted by atomic mass is 10.0. The molecule has 2 aromatic heterocycles. The van der Waals surface area contributed by atoms with Gasteiger partial charge in [-0.25, -0.2) is 4.98 Å². The first-order valence-electron chi connectivity index (χ1n) is 6.73. The van der Waals surface area contributed by atoms with Crippen LogP contribution in [0, 0.1) is 0 Å². The van der Waals surface area contributed by atoms with E-state index in [9.17, 15) is 0 Å². The van der Waals surface area contributed by atoms with Gasteiger partial charge in [-0.15, -0.1) is 10.2 Å². The third kappa shape index (κ3) is 2.29. The normalized spacial score (nSPS) is 11.0. The molecule has 0 saturated heterocycles. The van der Waals surface area contributed by atoms with Crippen LogP contribution in [0.3, 0.4) is 0 Å². The Morgan fingerprint density at radius 3 is 2.55 bits per heavy atom. The number of pyridine rings is 1. The van der Waals surface area contributed by atoms with Gasteiger partial charge in [-0.1, -0.05) is 46.3 Å². The minimum Gasteiger partial charge on any atom is -0.423 e. The average Bonchev–Trinajstić information content (AvgIpc) is 3.09. The Morgan fingerprint density at radius 2 is 1.77 bits per heavy atom. The minimum absolute atomic E-state index is 0.497. The van der Waals surface area contributed by atoms with Gasteiger partial charge >= 0.3 is 0 Å². The fraction of sp³-hybridized carbons (Fsp3) is 0. The molecule has 0 spiro atoms. The van der Waals surface area contributed by atoms with Crippen molar-refractivity contribution in [3.8, 4) is 22.7 Å². The second kappa shape index (κ2) is 5.35. The van der Waals surface area contributed by atoms with Crippen LogP contribution in [0.5, 0.6) is 0 Å². The van der Waals surface area contributed by atoms with Crippen LogP contribution in [-0.2, 0) is 0 Å². The van der Waals surface area contributed by atoms with Crippen molar-refractivity contribution in [1.29, 1.82) is 0 Å². The third-order valence-corrected chi connectivity index (χ3v) is 3.98. The topological polar surface area (TPSA) is 51.8 Å². The lowest BCUT2D eigenvalue weighted by Crippen LogP contribution is -1.90. The van der Waals surface area contributed by atoms with E-state index in [2.05, 4.69) is 26.1 Å². The number of rotatable bonds is 2. The average molecular weight is 352 g/mol. The highest BCUT2D eigenvalue weighted by Crippen LogP contribution is 2.31.